The number of esters is 1. The Morgan fingerprint density at radius 2 is 1.96 bits per heavy atom. The van der Waals surface area contributed by atoms with Gasteiger partial charge >= 0.3 is 5.97 Å². The monoisotopic (exact) mass is 318 g/mol. The molecule has 0 amide bonds. The summed E-state index contributed by atoms with van der Waals surface area (Å²) in [6.45, 7) is 8.84. The number of aryl methyl sites for hydroxylation is 2. The quantitative estimate of drug-likeness (QED) is 0.819. The SMILES string of the molecule is CCOC(=O)C(N)Cc1cc(C)c(N2CCCCC2)c(CC)c1. The lowest BCUT2D eigenvalue weighted by molar-refractivity contribution is -0.144. The van der Waals surface area contributed by atoms with Gasteiger partial charge in [-0.1, -0.05) is 19.1 Å². The molecule has 0 spiro atoms. The summed E-state index contributed by atoms with van der Waals surface area (Å²) in [7, 11) is 0. The first-order chi connectivity index (χ1) is 11.1. The van der Waals surface area contributed by atoms with E-state index in [1.165, 1.54) is 36.1 Å². The number of nitrogens with zero attached hydrogens (tertiary/aromatic N) is 1. The molecule has 1 unspecified atom stereocenters. The highest BCUT2D eigenvalue weighted by molar-refractivity contribution is 5.76. The molecule has 1 fully saturated rings. The number of nitrogens with two attached hydrogens (primary N) is 1. The highest BCUT2D eigenvalue weighted by Gasteiger charge is 2.19. The average Bonchev–Trinajstić information content (AvgIpc) is 2.55. The van der Waals surface area contributed by atoms with E-state index >= 15 is 0 Å². The Hall–Kier alpha value is -1.55. The zero-order valence-corrected chi connectivity index (χ0v) is 14.7. The molecule has 4 nitrogen and oxygen atoms in total. The third-order valence-electron chi connectivity index (χ3n) is 4.54. The van der Waals surface area contributed by atoms with Crippen molar-refractivity contribution < 1.29 is 9.53 Å². The van der Waals surface area contributed by atoms with Gasteiger partial charge in [0.1, 0.15) is 6.04 Å². The van der Waals surface area contributed by atoms with Crippen LogP contribution in [0.2, 0.25) is 0 Å². The van der Waals surface area contributed by atoms with Crippen LogP contribution >= 0.6 is 0 Å². The van der Waals surface area contributed by atoms with Gasteiger partial charge in [-0.3, -0.25) is 4.79 Å². The van der Waals surface area contributed by atoms with Crippen molar-refractivity contribution in [1.82, 2.24) is 0 Å². The lowest BCUT2D eigenvalue weighted by Gasteiger charge is -2.32. The zero-order valence-electron chi connectivity index (χ0n) is 14.7. The van der Waals surface area contributed by atoms with Gasteiger partial charge in [0.05, 0.1) is 6.61 Å². The molecule has 128 valence electrons. The van der Waals surface area contributed by atoms with E-state index in [9.17, 15) is 4.79 Å². The van der Waals surface area contributed by atoms with Crippen molar-refractivity contribution in [3.8, 4) is 0 Å². The highest BCUT2D eigenvalue weighted by atomic mass is 16.5. The number of carbonyl (C=O) groups excluding carboxylic acids is 1. The lowest BCUT2D eigenvalue weighted by atomic mass is 9.96. The second kappa shape index (κ2) is 8.34. The summed E-state index contributed by atoms with van der Waals surface area (Å²) in [5.74, 6) is -0.316. The maximum atomic E-state index is 11.7. The molecule has 1 aliphatic heterocycles. The number of hydrogen-bond donors (Lipinski definition) is 1. The Morgan fingerprint density at radius 3 is 2.57 bits per heavy atom. The van der Waals surface area contributed by atoms with E-state index in [2.05, 4.69) is 30.9 Å². The number of carbonyl (C=O) groups is 1. The van der Waals surface area contributed by atoms with Gasteiger partial charge in [0, 0.05) is 18.8 Å². The van der Waals surface area contributed by atoms with Crippen molar-refractivity contribution in [2.75, 3.05) is 24.6 Å². The van der Waals surface area contributed by atoms with Gasteiger partial charge in [-0.2, -0.15) is 0 Å². The van der Waals surface area contributed by atoms with Crippen molar-refractivity contribution in [1.29, 1.82) is 0 Å². The molecule has 2 rings (SSSR count). The van der Waals surface area contributed by atoms with E-state index in [4.69, 9.17) is 10.5 Å². The summed E-state index contributed by atoms with van der Waals surface area (Å²) < 4.78 is 5.01. The predicted molar refractivity (Wildman–Crippen MR) is 94.9 cm³/mol. The molecule has 1 heterocycles. The largest absolute Gasteiger partial charge is 0.465 e. The predicted octanol–water partition coefficient (Wildman–Crippen LogP) is 2.98. The van der Waals surface area contributed by atoms with Gasteiger partial charge in [0.2, 0.25) is 0 Å². The van der Waals surface area contributed by atoms with Crippen LogP contribution in [0.15, 0.2) is 12.1 Å². The number of rotatable bonds is 6. The topological polar surface area (TPSA) is 55.6 Å². The van der Waals surface area contributed by atoms with Crippen LogP contribution in [-0.2, 0) is 22.4 Å². The van der Waals surface area contributed by atoms with Gasteiger partial charge in [-0.25, -0.2) is 0 Å². The van der Waals surface area contributed by atoms with Crippen LogP contribution in [0.4, 0.5) is 5.69 Å². The zero-order chi connectivity index (χ0) is 16.8. The van der Waals surface area contributed by atoms with E-state index in [-0.39, 0.29) is 5.97 Å². The molecule has 0 radical (unpaired) electrons. The van der Waals surface area contributed by atoms with Crippen molar-refractivity contribution >= 4 is 11.7 Å². The van der Waals surface area contributed by atoms with E-state index in [0.29, 0.717) is 13.0 Å². The van der Waals surface area contributed by atoms with Crippen LogP contribution in [0.3, 0.4) is 0 Å². The number of ether oxygens (including phenoxy) is 1. The minimum atomic E-state index is -0.583. The molecule has 4 heteroatoms. The Morgan fingerprint density at radius 1 is 1.26 bits per heavy atom. The molecule has 1 aromatic rings. The van der Waals surface area contributed by atoms with Crippen LogP contribution in [0.5, 0.6) is 0 Å². The van der Waals surface area contributed by atoms with Crippen LogP contribution in [-0.4, -0.2) is 31.7 Å². The molecule has 1 atom stereocenters. The number of benzene rings is 1. The van der Waals surface area contributed by atoms with Crippen LogP contribution in [0.25, 0.3) is 0 Å². The Kier molecular flexibility index (Phi) is 6.46. The van der Waals surface area contributed by atoms with Crippen molar-refractivity contribution in [3.05, 3.63) is 28.8 Å². The molecule has 2 N–H and O–H groups in total. The molecule has 0 aromatic heterocycles. The summed E-state index contributed by atoms with van der Waals surface area (Å²) in [4.78, 5) is 14.3. The summed E-state index contributed by atoms with van der Waals surface area (Å²) >= 11 is 0. The molecule has 1 aliphatic rings. The molecular formula is C19H30N2O2. The molecule has 0 aliphatic carbocycles. The third-order valence-corrected chi connectivity index (χ3v) is 4.54. The fourth-order valence-corrected chi connectivity index (χ4v) is 3.48. The van der Waals surface area contributed by atoms with Crippen LogP contribution in [0, 0.1) is 6.92 Å². The fourth-order valence-electron chi connectivity index (χ4n) is 3.48. The lowest BCUT2D eigenvalue weighted by Crippen LogP contribution is -2.34. The molecular weight excluding hydrogens is 288 g/mol. The van der Waals surface area contributed by atoms with Gasteiger partial charge in [0.25, 0.3) is 0 Å². The number of anilines is 1. The van der Waals surface area contributed by atoms with Gasteiger partial charge in [-0.05, 0) is 62.6 Å². The normalized spacial score (nSPS) is 16.3. The van der Waals surface area contributed by atoms with Crippen molar-refractivity contribution in [2.24, 2.45) is 5.73 Å². The standard InChI is InChI=1S/C19H30N2O2/c1-4-16-12-15(13-17(20)19(22)23-5-2)11-14(3)18(16)21-9-7-6-8-10-21/h11-12,17H,4-10,13,20H2,1-3H3. The Balaban J connectivity index is 2.20. The first-order valence-corrected chi connectivity index (χ1v) is 8.86. The molecule has 23 heavy (non-hydrogen) atoms. The first kappa shape index (κ1) is 17.8. The fraction of sp³-hybridized carbons (Fsp3) is 0.632. The minimum absolute atomic E-state index is 0.316. The van der Waals surface area contributed by atoms with Crippen molar-refractivity contribution in [3.63, 3.8) is 0 Å². The molecule has 1 aromatic carbocycles. The van der Waals surface area contributed by atoms with Crippen LogP contribution in [0.1, 0.15) is 49.8 Å². The average molecular weight is 318 g/mol. The molecule has 0 saturated carbocycles. The minimum Gasteiger partial charge on any atom is -0.465 e. The van der Waals surface area contributed by atoms with E-state index in [1.807, 2.05) is 0 Å². The summed E-state index contributed by atoms with van der Waals surface area (Å²) in [5.41, 5.74) is 11.1. The van der Waals surface area contributed by atoms with Crippen LogP contribution < -0.4 is 10.6 Å². The van der Waals surface area contributed by atoms with E-state index in [0.717, 1.165) is 25.1 Å². The smallest absolute Gasteiger partial charge is 0.323 e. The van der Waals surface area contributed by atoms with E-state index < -0.39 is 6.04 Å². The maximum absolute atomic E-state index is 11.7. The maximum Gasteiger partial charge on any atom is 0.323 e. The van der Waals surface area contributed by atoms with Gasteiger partial charge < -0.3 is 15.4 Å². The third kappa shape index (κ3) is 4.47. The molecule has 1 saturated heterocycles. The number of hydrogen-bond acceptors (Lipinski definition) is 4. The van der Waals surface area contributed by atoms with Crippen molar-refractivity contribution in [2.45, 2.75) is 58.9 Å². The Bertz CT molecular complexity index is 536. The second-order valence-corrected chi connectivity index (χ2v) is 6.38. The summed E-state index contributed by atoms with van der Waals surface area (Å²) in [5, 5.41) is 0. The Labute approximate surface area is 140 Å². The number of piperidine rings is 1. The van der Waals surface area contributed by atoms with Gasteiger partial charge in [0.15, 0.2) is 0 Å². The van der Waals surface area contributed by atoms with E-state index in [1.54, 1.807) is 6.92 Å². The second-order valence-electron chi connectivity index (χ2n) is 6.38. The highest BCUT2D eigenvalue weighted by Crippen LogP contribution is 2.30. The molecule has 0 bridgehead atoms. The summed E-state index contributed by atoms with van der Waals surface area (Å²) in [6.07, 6.45) is 5.42. The first-order valence-electron chi connectivity index (χ1n) is 8.86. The summed E-state index contributed by atoms with van der Waals surface area (Å²) in [6, 6.07) is 3.82. The van der Waals surface area contributed by atoms with Gasteiger partial charge in [-0.15, -0.1) is 0 Å².